The van der Waals surface area contributed by atoms with Crippen molar-refractivity contribution in [3.63, 3.8) is 0 Å². The second-order valence-electron chi connectivity index (χ2n) is 6.22. The number of aromatic nitrogens is 1. The molecule has 4 rings (SSSR count). The SMILES string of the molecule is O=C(NC(=S)Nc1nc(-c2ccc(Cl)cc2)cs1)c1ccc(-c2cccc(Cl)c2Cl)o1. The summed E-state index contributed by atoms with van der Waals surface area (Å²) in [5, 5.41) is 9.39. The summed E-state index contributed by atoms with van der Waals surface area (Å²) in [5.41, 5.74) is 2.28. The van der Waals surface area contributed by atoms with Gasteiger partial charge >= 0.3 is 0 Å². The van der Waals surface area contributed by atoms with Crippen LogP contribution in [0.3, 0.4) is 0 Å². The van der Waals surface area contributed by atoms with Gasteiger partial charge in [-0.2, -0.15) is 0 Å². The molecular formula is C21H12Cl3N3O2S2. The summed E-state index contributed by atoms with van der Waals surface area (Å²) in [6.07, 6.45) is 0. The molecule has 2 aromatic heterocycles. The van der Waals surface area contributed by atoms with E-state index >= 15 is 0 Å². The zero-order chi connectivity index (χ0) is 22.0. The third-order valence-corrected chi connectivity index (χ3v) is 6.17. The van der Waals surface area contributed by atoms with Crippen LogP contribution in [0.2, 0.25) is 15.1 Å². The topological polar surface area (TPSA) is 67.2 Å². The van der Waals surface area contributed by atoms with Crippen LogP contribution in [-0.4, -0.2) is 16.0 Å². The molecule has 0 aliphatic rings. The molecule has 0 radical (unpaired) electrons. The van der Waals surface area contributed by atoms with Gasteiger partial charge in [-0.25, -0.2) is 4.98 Å². The van der Waals surface area contributed by atoms with Crippen LogP contribution < -0.4 is 10.6 Å². The van der Waals surface area contributed by atoms with Crippen LogP contribution in [0.15, 0.2) is 64.4 Å². The Labute approximate surface area is 202 Å². The third-order valence-electron chi connectivity index (χ3n) is 4.14. The van der Waals surface area contributed by atoms with Crippen LogP contribution in [0.5, 0.6) is 0 Å². The predicted molar refractivity (Wildman–Crippen MR) is 130 cm³/mol. The van der Waals surface area contributed by atoms with Crippen LogP contribution in [0, 0.1) is 0 Å². The van der Waals surface area contributed by atoms with Gasteiger partial charge in [-0.05, 0) is 48.6 Å². The number of carbonyl (C=O) groups excluding carboxylic acids is 1. The van der Waals surface area contributed by atoms with Crippen LogP contribution in [0.4, 0.5) is 5.13 Å². The predicted octanol–water partition coefficient (Wildman–Crippen LogP) is 7.16. The molecule has 2 N–H and O–H groups in total. The number of halogens is 3. The molecule has 0 unspecified atom stereocenters. The van der Waals surface area contributed by atoms with Gasteiger partial charge in [0.2, 0.25) is 0 Å². The van der Waals surface area contributed by atoms with Gasteiger partial charge in [0.15, 0.2) is 16.0 Å². The molecule has 156 valence electrons. The van der Waals surface area contributed by atoms with E-state index in [0.717, 1.165) is 11.3 Å². The monoisotopic (exact) mass is 507 g/mol. The quantitative estimate of drug-likeness (QED) is 0.286. The van der Waals surface area contributed by atoms with Gasteiger partial charge < -0.3 is 9.73 Å². The van der Waals surface area contributed by atoms with Gasteiger partial charge in [-0.3, -0.25) is 10.1 Å². The second-order valence-corrected chi connectivity index (χ2v) is 8.71. The minimum atomic E-state index is -0.503. The lowest BCUT2D eigenvalue weighted by atomic mass is 10.2. The summed E-state index contributed by atoms with van der Waals surface area (Å²) < 4.78 is 5.62. The summed E-state index contributed by atoms with van der Waals surface area (Å²) in [6, 6.07) is 15.7. The van der Waals surface area contributed by atoms with E-state index in [9.17, 15) is 4.79 Å². The van der Waals surface area contributed by atoms with Crippen molar-refractivity contribution < 1.29 is 9.21 Å². The van der Waals surface area contributed by atoms with Crippen molar-refractivity contribution in [2.45, 2.75) is 0 Å². The number of amides is 1. The van der Waals surface area contributed by atoms with E-state index in [4.69, 9.17) is 51.4 Å². The highest BCUT2D eigenvalue weighted by molar-refractivity contribution is 7.80. The Morgan fingerprint density at radius 1 is 1.03 bits per heavy atom. The Kier molecular flexibility index (Phi) is 6.60. The van der Waals surface area contributed by atoms with Crippen molar-refractivity contribution in [3.05, 3.63) is 80.8 Å². The van der Waals surface area contributed by atoms with Crippen molar-refractivity contribution in [2.24, 2.45) is 0 Å². The van der Waals surface area contributed by atoms with Crippen molar-refractivity contribution in [1.82, 2.24) is 10.3 Å². The number of thiocarbonyl (C=S) groups is 1. The lowest BCUT2D eigenvalue weighted by Crippen LogP contribution is -2.33. The molecule has 0 aliphatic heterocycles. The number of hydrogen-bond acceptors (Lipinski definition) is 5. The number of hydrogen-bond donors (Lipinski definition) is 2. The molecule has 0 aliphatic carbocycles. The maximum absolute atomic E-state index is 12.5. The van der Waals surface area contributed by atoms with E-state index in [1.807, 2.05) is 17.5 Å². The van der Waals surface area contributed by atoms with Gasteiger partial charge in [0, 0.05) is 21.5 Å². The first-order valence-electron chi connectivity index (χ1n) is 8.79. The average Bonchev–Trinajstić information content (AvgIpc) is 3.40. The highest BCUT2D eigenvalue weighted by Gasteiger charge is 2.16. The first-order valence-corrected chi connectivity index (χ1v) is 11.2. The number of nitrogens with one attached hydrogen (secondary N) is 2. The molecule has 1 amide bonds. The Bertz CT molecular complexity index is 1270. The number of carbonyl (C=O) groups is 1. The molecule has 4 aromatic rings. The van der Waals surface area contributed by atoms with Gasteiger partial charge in [0.1, 0.15) is 5.76 Å². The summed E-state index contributed by atoms with van der Waals surface area (Å²) in [7, 11) is 0. The van der Waals surface area contributed by atoms with E-state index in [1.165, 1.54) is 17.4 Å². The van der Waals surface area contributed by atoms with Gasteiger partial charge in [-0.15, -0.1) is 11.3 Å². The number of anilines is 1. The van der Waals surface area contributed by atoms with Crippen molar-refractivity contribution in [3.8, 4) is 22.6 Å². The zero-order valence-corrected chi connectivity index (χ0v) is 19.4. The third kappa shape index (κ3) is 5.08. The first kappa shape index (κ1) is 21.8. The summed E-state index contributed by atoms with van der Waals surface area (Å²) in [5.74, 6) is -0.00313. The standard InChI is InChI=1S/C21H12Cl3N3O2S2/c22-12-6-4-11(5-7-12)15-10-31-21(25-15)27-20(30)26-19(28)17-9-8-16(29-17)13-2-1-3-14(23)18(13)24/h1-10H,(H2,25,26,27,28,30). The van der Waals surface area contributed by atoms with Gasteiger partial charge in [-0.1, -0.05) is 53.0 Å². The first-order chi connectivity index (χ1) is 14.9. The molecule has 0 fully saturated rings. The van der Waals surface area contributed by atoms with Crippen LogP contribution in [-0.2, 0) is 0 Å². The fourth-order valence-corrected chi connectivity index (χ4v) is 4.17. The highest BCUT2D eigenvalue weighted by atomic mass is 35.5. The molecular weight excluding hydrogens is 497 g/mol. The van der Waals surface area contributed by atoms with E-state index < -0.39 is 5.91 Å². The van der Waals surface area contributed by atoms with E-state index in [2.05, 4.69) is 15.6 Å². The molecule has 31 heavy (non-hydrogen) atoms. The number of furan rings is 1. The minimum Gasteiger partial charge on any atom is -0.451 e. The van der Waals surface area contributed by atoms with Crippen molar-refractivity contribution in [2.75, 3.05) is 5.32 Å². The van der Waals surface area contributed by atoms with Crippen molar-refractivity contribution >= 4 is 74.5 Å². The normalized spacial score (nSPS) is 10.7. The number of thiazole rings is 1. The zero-order valence-electron chi connectivity index (χ0n) is 15.5. The lowest BCUT2D eigenvalue weighted by Gasteiger charge is -2.06. The molecule has 2 heterocycles. The molecule has 0 spiro atoms. The summed E-state index contributed by atoms with van der Waals surface area (Å²) in [6.45, 7) is 0. The minimum absolute atomic E-state index is 0.0798. The fraction of sp³-hybridized carbons (Fsp3) is 0. The number of benzene rings is 2. The average molecular weight is 509 g/mol. The molecule has 0 atom stereocenters. The van der Waals surface area contributed by atoms with Gasteiger partial charge in [0.05, 0.1) is 15.7 Å². The lowest BCUT2D eigenvalue weighted by molar-refractivity contribution is 0.0951. The second kappa shape index (κ2) is 9.38. The van der Waals surface area contributed by atoms with Crippen molar-refractivity contribution in [1.29, 1.82) is 0 Å². The van der Waals surface area contributed by atoms with E-state index in [0.29, 0.717) is 31.5 Å². The molecule has 0 bridgehead atoms. The largest absolute Gasteiger partial charge is 0.451 e. The van der Waals surface area contributed by atoms with Crippen LogP contribution in [0.25, 0.3) is 22.6 Å². The maximum atomic E-state index is 12.5. The maximum Gasteiger partial charge on any atom is 0.293 e. The summed E-state index contributed by atoms with van der Waals surface area (Å²) >= 11 is 24.7. The number of nitrogens with zero attached hydrogens (tertiary/aromatic N) is 1. The van der Waals surface area contributed by atoms with Gasteiger partial charge in [0.25, 0.3) is 5.91 Å². The fourth-order valence-electron chi connectivity index (χ4n) is 2.68. The Morgan fingerprint density at radius 3 is 2.58 bits per heavy atom. The molecule has 5 nitrogen and oxygen atoms in total. The smallest absolute Gasteiger partial charge is 0.293 e. The molecule has 0 saturated carbocycles. The molecule has 2 aromatic carbocycles. The summed E-state index contributed by atoms with van der Waals surface area (Å²) in [4.78, 5) is 16.9. The molecule has 10 heteroatoms. The van der Waals surface area contributed by atoms with Crippen LogP contribution in [0.1, 0.15) is 10.6 Å². The highest BCUT2D eigenvalue weighted by Crippen LogP contribution is 2.34. The van der Waals surface area contributed by atoms with E-state index in [-0.39, 0.29) is 10.9 Å². The number of rotatable bonds is 4. The Hall–Kier alpha value is -2.42. The van der Waals surface area contributed by atoms with Crippen LogP contribution >= 0.6 is 58.4 Å². The van der Waals surface area contributed by atoms with E-state index in [1.54, 1.807) is 36.4 Å². The molecule has 0 saturated heterocycles. The Morgan fingerprint density at radius 2 is 1.81 bits per heavy atom. The Balaban J connectivity index is 1.40.